The van der Waals surface area contributed by atoms with E-state index in [9.17, 15) is 18.0 Å². The number of halogens is 3. The number of amides is 1. The van der Waals surface area contributed by atoms with E-state index in [0.29, 0.717) is 5.69 Å². The molecule has 1 amide bonds. The van der Waals surface area contributed by atoms with Gasteiger partial charge in [-0.05, 0) is 56.9 Å². The first-order valence-corrected chi connectivity index (χ1v) is 11.1. The van der Waals surface area contributed by atoms with Crippen molar-refractivity contribution in [2.75, 3.05) is 30.9 Å². The maximum absolute atomic E-state index is 13.3. The van der Waals surface area contributed by atoms with Crippen molar-refractivity contribution in [3.63, 3.8) is 0 Å². The zero-order valence-corrected chi connectivity index (χ0v) is 19.5. The third-order valence-corrected chi connectivity index (χ3v) is 5.74. The number of methoxy groups -OCH3 is 1. The van der Waals surface area contributed by atoms with E-state index in [1.165, 1.54) is 7.11 Å². The molecule has 1 aromatic heterocycles. The molecule has 1 saturated heterocycles. The van der Waals surface area contributed by atoms with Gasteiger partial charge >= 0.3 is 12.3 Å². The first-order chi connectivity index (χ1) is 16.0. The van der Waals surface area contributed by atoms with Crippen LogP contribution >= 0.6 is 0 Å². The van der Waals surface area contributed by atoms with Gasteiger partial charge in [0.2, 0.25) is 5.95 Å². The van der Waals surface area contributed by atoms with E-state index in [1.54, 1.807) is 4.90 Å². The van der Waals surface area contributed by atoms with Gasteiger partial charge in [-0.25, -0.2) is 9.78 Å². The molecule has 2 atom stereocenters. The average Bonchev–Trinajstić information content (AvgIpc) is 3.29. The molecule has 2 N–H and O–H groups in total. The summed E-state index contributed by atoms with van der Waals surface area (Å²) in [7, 11) is 1.46. The molecule has 11 heteroatoms. The van der Waals surface area contributed by atoms with Gasteiger partial charge in [0.25, 0.3) is 0 Å². The summed E-state index contributed by atoms with van der Waals surface area (Å²) in [6.45, 7) is 5.89. The summed E-state index contributed by atoms with van der Waals surface area (Å²) < 4.78 is 50.5. The number of alkyl halides is 3. The van der Waals surface area contributed by atoms with Gasteiger partial charge in [0.05, 0.1) is 18.7 Å². The van der Waals surface area contributed by atoms with E-state index >= 15 is 0 Å². The van der Waals surface area contributed by atoms with Crippen molar-refractivity contribution in [1.29, 1.82) is 0 Å². The topological polar surface area (TPSA) is 88.6 Å². The van der Waals surface area contributed by atoms with Gasteiger partial charge in [0.1, 0.15) is 17.0 Å². The summed E-state index contributed by atoms with van der Waals surface area (Å²) in [6, 6.07) is 5.50. The number of hydrogen-bond acceptors (Lipinski definition) is 7. The molecule has 2 aliphatic rings. The minimum absolute atomic E-state index is 0.0278. The molecule has 2 unspecified atom stereocenters. The number of nitrogens with one attached hydrogen (secondary N) is 2. The molecule has 1 aromatic carbocycles. The smallest absolute Gasteiger partial charge is 0.421 e. The van der Waals surface area contributed by atoms with E-state index in [-0.39, 0.29) is 43.1 Å². The van der Waals surface area contributed by atoms with E-state index < -0.39 is 17.3 Å². The van der Waals surface area contributed by atoms with E-state index in [1.807, 2.05) is 39.0 Å². The van der Waals surface area contributed by atoms with Crippen molar-refractivity contribution in [3.05, 3.63) is 41.1 Å². The number of ether oxygens (including phenoxy) is 2. The predicted molar refractivity (Wildman–Crippen MR) is 120 cm³/mol. The van der Waals surface area contributed by atoms with Crippen LogP contribution in [0.3, 0.4) is 0 Å². The second kappa shape index (κ2) is 8.94. The number of fused-ring (bicyclic) bond motifs is 5. The number of benzene rings is 1. The fraction of sp³-hybridized carbons (Fsp3) is 0.522. The molecular weight excluding hydrogens is 451 g/mol. The standard InChI is InChI=1S/C23H28F3N5O3/c1-22(2,3)34-21(32)31-17-7-8-18(31)15-11-13(5-6-14(15)17)29-20-28-12-16(23(24,25)26)19(30-20)27-9-10-33-4/h5-6,11-12,17-18H,7-10H2,1-4H3,(H2,27,28,29,30). The van der Waals surface area contributed by atoms with Gasteiger partial charge in [-0.2, -0.15) is 18.2 Å². The summed E-state index contributed by atoms with van der Waals surface area (Å²) >= 11 is 0. The van der Waals surface area contributed by atoms with Gasteiger partial charge < -0.3 is 20.1 Å². The third-order valence-electron chi connectivity index (χ3n) is 5.74. The van der Waals surface area contributed by atoms with Gasteiger partial charge in [-0.15, -0.1) is 0 Å². The van der Waals surface area contributed by atoms with Gasteiger partial charge in [0, 0.05) is 25.5 Å². The van der Waals surface area contributed by atoms with Gasteiger partial charge in [-0.1, -0.05) is 6.07 Å². The van der Waals surface area contributed by atoms with E-state index in [2.05, 4.69) is 20.6 Å². The van der Waals surface area contributed by atoms with Crippen LogP contribution in [-0.4, -0.2) is 46.8 Å². The van der Waals surface area contributed by atoms with Crippen molar-refractivity contribution in [2.24, 2.45) is 0 Å². The van der Waals surface area contributed by atoms with Crippen LogP contribution in [0.15, 0.2) is 24.4 Å². The minimum atomic E-state index is -4.59. The molecule has 2 bridgehead atoms. The fourth-order valence-electron chi connectivity index (χ4n) is 4.42. The first kappa shape index (κ1) is 24.1. The average molecular weight is 480 g/mol. The molecule has 3 heterocycles. The first-order valence-electron chi connectivity index (χ1n) is 11.1. The summed E-state index contributed by atoms with van der Waals surface area (Å²) in [5, 5.41) is 5.64. The number of carbonyl (C=O) groups is 1. The number of aromatic nitrogens is 2. The maximum atomic E-state index is 13.3. The lowest BCUT2D eigenvalue weighted by atomic mass is 9.91. The molecule has 0 aliphatic carbocycles. The van der Waals surface area contributed by atoms with Gasteiger partial charge in [0.15, 0.2) is 0 Å². The second-order valence-electron chi connectivity index (χ2n) is 9.34. The van der Waals surface area contributed by atoms with E-state index in [4.69, 9.17) is 9.47 Å². The fourth-order valence-corrected chi connectivity index (χ4v) is 4.42. The maximum Gasteiger partial charge on any atom is 0.421 e. The number of nitrogens with zero attached hydrogens (tertiary/aromatic N) is 3. The SMILES string of the molecule is COCCNc1nc(Nc2ccc3c(c2)C2CCC3N2C(=O)OC(C)(C)C)ncc1C(F)(F)F. The Labute approximate surface area is 195 Å². The lowest BCUT2D eigenvalue weighted by Crippen LogP contribution is -2.34. The van der Waals surface area contributed by atoms with Crippen LogP contribution in [0.5, 0.6) is 0 Å². The lowest BCUT2D eigenvalue weighted by molar-refractivity contribution is -0.137. The highest BCUT2D eigenvalue weighted by Gasteiger charge is 2.48. The Kier molecular flexibility index (Phi) is 6.32. The van der Waals surface area contributed by atoms with Crippen molar-refractivity contribution < 1.29 is 27.4 Å². The highest BCUT2D eigenvalue weighted by molar-refractivity contribution is 5.73. The Bertz CT molecular complexity index is 1070. The Morgan fingerprint density at radius 3 is 2.53 bits per heavy atom. The Hall–Kier alpha value is -3.08. The predicted octanol–water partition coefficient (Wildman–Crippen LogP) is 5.42. The van der Waals surface area contributed by atoms with Crippen molar-refractivity contribution in [3.8, 4) is 0 Å². The largest absolute Gasteiger partial charge is 0.444 e. The van der Waals surface area contributed by atoms with Gasteiger partial charge in [-0.3, -0.25) is 4.90 Å². The van der Waals surface area contributed by atoms with Crippen LogP contribution in [0.4, 0.5) is 35.4 Å². The van der Waals surface area contributed by atoms with E-state index in [0.717, 1.165) is 30.2 Å². The Morgan fingerprint density at radius 2 is 1.88 bits per heavy atom. The second-order valence-corrected chi connectivity index (χ2v) is 9.34. The highest BCUT2D eigenvalue weighted by Crippen LogP contribution is 2.54. The summed E-state index contributed by atoms with van der Waals surface area (Å²) in [5.41, 5.74) is 1.14. The van der Waals surface area contributed by atoms with Crippen LogP contribution in [0, 0.1) is 0 Å². The minimum Gasteiger partial charge on any atom is -0.444 e. The molecule has 2 aliphatic heterocycles. The summed E-state index contributed by atoms with van der Waals surface area (Å²) in [5.74, 6) is -0.293. The highest BCUT2D eigenvalue weighted by atomic mass is 19.4. The number of rotatable bonds is 6. The lowest BCUT2D eigenvalue weighted by Gasteiger charge is -2.27. The van der Waals surface area contributed by atoms with Crippen LogP contribution < -0.4 is 10.6 Å². The molecule has 0 radical (unpaired) electrons. The molecule has 8 nitrogen and oxygen atoms in total. The van der Waals surface area contributed by atoms with Crippen LogP contribution in [0.25, 0.3) is 0 Å². The van der Waals surface area contributed by atoms with Crippen molar-refractivity contribution >= 4 is 23.5 Å². The van der Waals surface area contributed by atoms with Crippen LogP contribution in [-0.2, 0) is 15.7 Å². The molecule has 34 heavy (non-hydrogen) atoms. The van der Waals surface area contributed by atoms with Crippen LogP contribution in [0.1, 0.15) is 62.4 Å². The Balaban J connectivity index is 1.55. The molecule has 2 aromatic rings. The molecule has 4 rings (SSSR count). The quantitative estimate of drug-likeness (QED) is 0.535. The zero-order valence-electron chi connectivity index (χ0n) is 19.5. The zero-order chi connectivity index (χ0) is 24.7. The molecule has 1 fully saturated rings. The number of carbonyl (C=O) groups excluding carboxylic acids is 1. The third kappa shape index (κ3) is 4.89. The summed E-state index contributed by atoms with van der Waals surface area (Å²) in [4.78, 5) is 22.5. The normalized spacial score (nSPS) is 19.2. The number of anilines is 3. The molecular formula is C23H28F3N5O3. The number of hydrogen-bond donors (Lipinski definition) is 2. The van der Waals surface area contributed by atoms with Crippen molar-refractivity contribution in [1.82, 2.24) is 14.9 Å². The van der Waals surface area contributed by atoms with Crippen molar-refractivity contribution in [2.45, 2.75) is 57.5 Å². The monoisotopic (exact) mass is 479 g/mol. The Morgan fingerprint density at radius 1 is 1.18 bits per heavy atom. The molecule has 184 valence electrons. The molecule has 0 spiro atoms. The molecule has 0 saturated carbocycles. The summed E-state index contributed by atoms with van der Waals surface area (Å²) in [6.07, 6.45) is -2.49. The van der Waals surface area contributed by atoms with Crippen LogP contribution in [0.2, 0.25) is 0 Å².